The maximum atomic E-state index is 5.69. The monoisotopic (exact) mass is 172 g/mol. The minimum atomic E-state index is 0.301. The predicted molar refractivity (Wildman–Crippen MR) is 44.3 cm³/mol. The Kier molecular flexibility index (Phi) is 2.26. The van der Waals surface area contributed by atoms with Gasteiger partial charge < -0.3 is 5.43 Å². The van der Waals surface area contributed by atoms with Crippen LogP contribution >= 0.6 is 11.6 Å². The van der Waals surface area contributed by atoms with Crippen LogP contribution in [0.4, 0.5) is 5.69 Å². The fourth-order valence-corrected chi connectivity index (χ4v) is 0.981. The summed E-state index contributed by atoms with van der Waals surface area (Å²) in [5.74, 6) is 5.22. The van der Waals surface area contributed by atoms with Gasteiger partial charge in [-0.25, -0.2) is 0 Å². The number of nitrogen functional groups attached to an aromatic ring is 1. The van der Waals surface area contributed by atoms with Gasteiger partial charge in [0.15, 0.2) is 5.15 Å². The summed E-state index contributed by atoms with van der Waals surface area (Å²) in [5.41, 5.74) is 4.85. The molecule has 4 nitrogen and oxygen atoms in total. The molecule has 0 aliphatic rings. The second-order valence-electron chi connectivity index (χ2n) is 2.22. The number of aryl methyl sites for hydroxylation is 1. The summed E-state index contributed by atoms with van der Waals surface area (Å²) in [6.45, 7) is 3.73. The summed E-state index contributed by atoms with van der Waals surface area (Å²) in [7, 11) is 0. The van der Waals surface area contributed by atoms with Crippen LogP contribution in [0.25, 0.3) is 0 Å². The van der Waals surface area contributed by atoms with E-state index in [1.165, 1.54) is 0 Å². The van der Waals surface area contributed by atoms with Crippen molar-refractivity contribution in [3.05, 3.63) is 16.4 Å². The van der Waals surface area contributed by atoms with Gasteiger partial charge in [-0.2, -0.15) is 5.10 Å². The van der Waals surface area contributed by atoms with E-state index in [0.29, 0.717) is 10.8 Å². The molecule has 1 rings (SSSR count). The number of halogens is 1. The summed E-state index contributed by atoms with van der Waals surface area (Å²) < 4.78 is 0. The molecule has 0 fully saturated rings. The molecule has 1 heterocycles. The van der Waals surface area contributed by atoms with Crippen LogP contribution in [0, 0.1) is 13.8 Å². The molecule has 0 aliphatic carbocycles. The lowest BCUT2D eigenvalue weighted by Crippen LogP contribution is -2.11. The largest absolute Gasteiger partial charge is 0.321 e. The van der Waals surface area contributed by atoms with Crippen molar-refractivity contribution in [1.29, 1.82) is 0 Å². The number of aromatic nitrogens is 2. The smallest absolute Gasteiger partial charge is 0.176 e. The van der Waals surface area contributed by atoms with Crippen molar-refractivity contribution >= 4 is 17.3 Å². The topological polar surface area (TPSA) is 63.8 Å². The summed E-state index contributed by atoms with van der Waals surface area (Å²) in [6, 6.07) is 0. The fourth-order valence-electron chi connectivity index (χ4n) is 0.747. The van der Waals surface area contributed by atoms with Crippen LogP contribution < -0.4 is 11.3 Å². The SMILES string of the molecule is Cc1nnc(Cl)c(NN)c1C. The molecule has 0 saturated heterocycles. The minimum Gasteiger partial charge on any atom is -0.321 e. The van der Waals surface area contributed by atoms with Crippen molar-refractivity contribution in [2.24, 2.45) is 5.84 Å². The van der Waals surface area contributed by atoms with Crippen LogP contribution in [-0.4, -0.2) is 10.2 Å². The van der Waals surface area contributed by atoms with Gasteiger partial charge in [0.25, 0.3) is 0 Å². The molecule has 3 N–H and O–H groups in total. The molecule has 0 radical (unpaired) electrons. The summed E-state index contributed by atoms with van der Waals surface area (Å²) >= 11 is 5.69. The van der Waals surface area contributed by atoms with E-state index in [0.717, 1.165) is 11.3 Å². The molecule has 60 valence electrons. The number of nitrogens with zero attached hydrogens (tertiary/aromatic N) is 2. The Hall–Kier alpha value is -0.870. The first-order valence-corrected chi connectivity index (χ1v) is 3.50. The maximum absolute atomic E-state index is 5.69. The van der Waals surface area contributed by atoms with Crippen molar-refractivity contribution < 1.29 is 0 Å². The van der Waals surface area contributed by atoms with Gasteiger partial charge in [-0.15, -0.1) is 5.10 Å². The summed E-state index contributed by atoms with van der Waals surface area (Å²) in [6.07, 6.45) is 0. The first-order valence-electron chi connectivity index (χ1n) is 3.12. The lowest BCUT2D eigenvalue weighted by atomic mass is 10.2. The van der Waals surface area contributed by atoms with Gasteiger partial charge in [0, 0.05) is 0 Å². The van der Waals surface area contributed by atoms with E-state index in [2.05, 4.69) is 15.6 Å². The third-order valence-corrected chi connectivity index (χ3v) is 1.82. The summed E-state index contributed by atoms with van der Waals surface area (Å²) in [4.78, 5) is 0. The lowest BCUT2D eigenvalue weighted by molar-refractivity contribution is 0.960. The Morgan fingerprint density at radius 1 is 1.36 bits per heavy atom. The van der Waals surface area contributed by atoms with Crippen LogP contribution in [-0.2, 0) is 0 Å². The molecule has 1 aromatic heterocycles. The van der Waals surface area contributed by atoms with Gasteiger partial charge in [0.2, 0.25) is 0 Å². The fraction of sp³-hybridized carbons (Fsp3) is 0.333. The van der Waals surface area contributed by atoms with Crippen LogP contribution in [0.2, 0.25) is 5.15 Å². The van der Waals surface area contributed by atoms with Crippen molar-refractivity contribution in [2.75, 3.05) is 5.43 Å². The number of hydrogen-bond acceptors (Lipinski definition) is 4. The second-order valence-corrected chi connectivity index (χ2v) is 2.58. The van der Waals surface area contributed by atoms with Crippen LogP contribution in [0.5, 0.6) is 0 Å². The molecule has 0 bridgehead atoms. The Labute approximate surface area is 69.7 Å². The zero-order valence-corrected chi connectivity index (χ0v) is 7.11. The van der Waals surface area contributed by atoms with E-state index in [1.54, 1.807) is 0 Å². The number of rotatable bonds is 1. The number of anilines is 1. The molecular weight excluding hydrogens is 164 g/mol. The van der Waals surface area contributed by atoms with Crippen LogP contribution in [0.1, 0.15) is 11.3 Å². The van der Waals surface area contributed by atoms with Gasteiger partial charge >= 0.3 is 0 Å². The first kappa shape index (κ1) is 8.23. The van der Waals surface area contributed by atoms with E-state index in [9.17, 15) is 0 Å². The first-order chi connectivity index (χ1) is 5.16. The normalized spacial score (nSPS) is 9.82. The Balaban J connectivity index is 3.29. The zero-order valence-electron chi connectivity index (χ0n) is 6.35. The van der Waals surface area contributed by atoms with Gasteiger partial charge in [0.1, 0.15) is 0 Å². The third kappa shape index (κ3) is 1.41. The maximum Gasteiger partial charge on any atom is 0.176 e. The Bertz CT molecular complexity index is 274. The number of hydrazine groups is 1. The van der Waals surface area contributed by atoms with Gasteiger partial charge in [-0.1, -0.05) is 11.6 Å². The van der Waals surface area contributed by atoms with Crippen molar-refractivity contribution in [2.45, 2.75) is 13.8 Å². The van der Waals surface area contributed by atoms with Gasteiger partial charge in [-0.05, 0) is 19.4 Å². The van der Waals surface area contributed by atoms with Crippen LogP contribution in [0.15, 0.2) is 0 Å². The van der Waals surface area contributed by atoms with E-state index in [1.807, 2.05) is 13.8 Å². The number of hydrogen-bond donors (Lipinski definition) is 2. The highest BCUT2D eigenvalue weighted by Gasteiger charge is 2.06. The molecule has 0 amide bonds. The molecule has 1 aromatic rings. The molecule has 0 unspecified atom stereocenters. The highest BCUT2D eigenvalue weighted by Crippen LogP contribution is 2.22. The van der Waals surface area contributed by atoms with Gasteiger partial charge in [0.05, 0.1) is 11.4 Å². The molecular formula is C6H9ClN4. The molecule has 0 atom stereocenters. The average molecular weight is 173 g/mol. The minimum absolute atomic E-state index is 0.301. The number of nitrogens with one attached hydrogen (secondary N) is 1. The van der Waals surface area contributed by atoms with E-state index in [4.69, 9.17) is 17.4 Å². The lowest BCUT2D eigenvalue weighted by Gasteiger charge is -2.06. The molecule has 0 aliphatic heterocycles. The Morgan fingerprint density at radius 3 is 2.45 bits per heavy atom. The van der Waals surface area contributed by atoms with Crippen molar-refractivity contribution in [3.8, 4) is 0 Å². The zero-order chi connectivity index (χ0) is 8.43. The average Bonchev–Trinajstić information content (AvgIpc) is 1.99. The molecule has 0 aromatic carbocycles. The molecule has 5 heteroatoms. The number of nitrogens with two attached hydrogens (primary N) is 1. The standard InChI is InChI=1S/C6H9ClN4/c1-3-4(2)10-11-6(7)5(3)9-8/h8H2,1-2H3,(H,9,10). The van der Waals surface area contributed by atoms with Crippen LogP contribution in [0.3, 0.4) is 0 Å². The van der Waals surface area contributed by atoms with Gasteiger partial charge in [-0.3, -0.25) is 5.84 Å². The Morgan fingerprint density at radius 2 is 2.00 bits per heavy atom. The highest BCUT2D eigenvalue weighted by atomic mass is 35.5. The summed E-state index contributed by atoms with van der Waals surface area (Å²) in [5, 5.41) is 7.79. The van der Waals surface area contributed by atoms with Crippen molar-refractivity contribution in [1.82, 2.24) is 10.2 Å². The van der Waals surface area contributed by atoms with Crippen molar-refractivity contribution in [3.63, 3.8) is 0 Å². The molecule has 0 saturated carbocycles. The van der Waals surface area contributed by atoms with E-state index >= 15 is 0 Å². The van der Waals surface area contributed by atoms with E-state index in [-0.39, 0.29) is 0 Å². The third-order valence-electron chi connectivity index (χ3n) is 1.56. The predicted octanol–water partition coefficient (Wildman–Crippen LogP) is 1.03. The quantitative estimate of drug-likeness (QED) is 0.491. The second kappa shape index (κ2) is 3.02. The van der Waals surface area contributed by atoms with E-state index < -0.39 is 0 Å². The highest BCUT2D eigenvalue weighted by molar-refractivity contribution is 6.32. The molecule has 0 spiro atoms. The molecule has 11 heavy (non-hydrogen) atoms.